The number of amides is 1. The van der Waals surface area contributed by atoms with Crippen LogP contribution >= 0.6 is 12.4 Å². The molecule has 3 nitrogen and oxygen atoms in total. The van der Waals surface area contributed by atoms with Gasteiger partial charge in [-0.15, -0.1) is 12.4 Å². The van der Waals surface area contributed by atoms with E-state index in [1.54, 1.807) is 0 Å². The molecule has 4 heteroatoms. The molecule has 0 bridgehead atoms. The van der Waals surface area contributed by atoms with Crippen molar-refractivity contribution in [3.63, 3.8) is 0 Å². The molecule has 1 heterocycles. The second-order valence-electron chi connectivity index (χ2n) is 6.26. The Bertz CT molecular complexity index is 455. The molecule has 1 saturated heterocycles. The topological polar surface area (TPSA) is 32.3 Å². The van der Waals surface area contributed by atoms with Gasteiger partial charge >= 0.3 is 0 Å². The van der Waals surface area contributed by atoms with Gasteiger partial charge in [-0.2, -0.15) is 0 Å². The first-order valence-corrected chi connectivity index (χ1v) is 8.19. The van der Waals surface area contributed by atoms with Crippen LogP contribution in [0.15, 0.2) is 24.3 Å². The summed E-state index contributed by atoms with van der Waals surface area (Å²) >= 11 is 0. The molecular formula is C18H29ClN2O. The maximum Gasteiger partial charge on any atom is 0.227 e. The molecule has 1 aromatic carbocycles. The maximum atomic E-state index is 12.6. The molecule has 1 aliphatic heterocycles. The van der Waals surface area contributed by atoms with Crippen LogP contribution in [0.4, 0.5) is 5.69 Å². The summed E-state index contributed by atoms with van der Waals surface area (Å²) in [6.45, 7) is 9.26. The number of nitrogens with zero attached hydrogens (tertiary/aromatic N) is 1. The van der Waals surface area contributed by atoms with Gasteiger partial charge in [-0.25, -0.2) is 0 Å². The molecule has 1 fully saturated rings. The van der Waals surface area contributed by atoms with Gasteiger partial charge in [0.15, 0.2) is 0 Å². The van der Waals surface area contributed by atoms with E-state index in [-0.39, 0.29) is 18.3 Å². The lowest BCUT2D eigenvalue weighted by molar-refractivity contribution is -0.119. The SMILES string of the molecule is CCN(C(=O)CC(C)C1CCCNC1)c1ccc(C)cc1.Cl. The largest absolute Gasteiger partial charge is 0.316 e. The van der Waals surface area contributed by atoms with Crippen molar-refractivity contribution < 1.29 is 4.79 Å². The van der Waals surface area contributed by atoms with E-state index in [0.29, 0.717) is 18.3 Å². The van der Waals surface area contributed by atoms with Crippen LogP contribution in [0.25, 0.3) is 0 Å². The molecule has 0 spiro atoms. The molecule has 2 rings (SSSR count). The molecule has 2 atom stereocenters. The maximum absolute atomic E-state index is 12.6. The van der Waals surface area contributed by atoms with Gasteiger partial charge in [0.1, 0.15) is 0 Å². The van der Waals surface area contributed by atoms with Crippen LogP contribution in [0, 0.1) is 18.8 Å². The van der Waals surface area contributed by atoms with E-state index in [1.165, 1.54) is 18.4 Å². The number of hydrogen-bond acceptors (Lipinski definition) is 2. The standard InChI is InChI=1S/C18H28N2O.ClH/c1-4-20(17-9-7-14(2)8-10-17)18(21)12-15(3)16-6-5-11-19-13-16;/h7-10,15-16,19H,4-6,11-13H2,1-3H3;1H. The minimum atomic E-state index is 0. The summed E-state index contributed by atoms with van der Waals surface area (Å²) in [5.41, 5.74) is 2.24. The number of nitrogens with one attached hydrogen (secondary N) is 1. The van der Waals surface area contributed by atoms with E-state index in [4.69, 9.17) is 0 Å². The Morgan fingerprint density at radius 3 is 2.59 bits per heavy atom. The second kappa shape index (κ2) is 9.16. The number of halogens is 1. The minimum absolute atomic E-state index is 0. The quantitative estimate of drug-likeness (QED) is 0.893. The van der Waals surface area contributed by atoms with Crippen molar-refractivity contribution in [3.8, 4) is 0 Å². The van der Waals surface area contributed by atoms with E-state index in [0.717, 1.165) is 25.3 Å². The molecule has 1 N–H and O–H groups in total. The third-order valence-electron chi connectivity index (χ3n) is 4.60. The van der Waals surface area contributed by atoms with Crippen LogP contribution in [0.1, 0.15) is 38.7 Å². The summed E-state index contributed by atoms with van der Waals surface area (Å²) < 4.78 is 0. The first kappa shape index (κ1) is 19.0. The van der Waals surface area contributed by atoms with Crippen molar-refractivity contribution in [2.45, 2.75) is 40.0 Å². The van der Waals surface area contributed by atoms with E-state index in [9.17, 15) is 4.79 Å². The van der Waals surface area contributed by atoms with Crippen molar-refractivity contribution in [1.29, 1.82) is 0 Å². The number of anilines is 1. The molecule has 124 valence electrons. The van der Waals surface area contributed by atoms with E-state index in [1.807, 2.05) is 24.0 Å². The predicted molar refractivity (Wildman–Crippen MR) is 95.8 cm³/mol. The molecule has 0 aromatic heterocycles. The third-order valence-corrected chi connectivity index (χ3v) is 4.60. The summed E-state index contributed by atoms with van der Waals surface area (Å²) in [7, 11) is 0. The lowest BCUT2D eigenvalue weighted by Crippen LogP contribution is -2.37. The predicted octanol–water partition coefficient (Wildman–Crippen LogP) is 3.80. The molecule has 1 aliphatic rings. The summed E-state index contributed by atoms with van der Waals surface area (Å²) in [5.74, 6) is 1.34. The number of rotatable bonds is 5. The van der Waals surface area contributed by atoms with Crippen LogP contribution in [-0.2, 0) is 4.79 Å². The lowest BCUT2D eigenvalue weighted by Gasteiger charge is -2.30. The molecule has 0 aliphatic carbocycles. The first-order valence-electron chi connectivity index (χ1n) is 8.19. The summed E-state index contributed by atoms with van der Waals surface area (Å²) in [4.78, 5) is 14.5. The monoisotopic (exact) mass is 324 g/mol. The second-order valence-corrected chi connectivity index (χ2v) is 6.26. The Morgan fingerprint density at radius 2 is 2.05 bits per heavy atom. The van der Waals surface area contributed by atoms with Gasteiger partial charge in [0, 0.05) is 18.7 Å². The Hall–Kier alpha value is -1.06. The Kier molecular flexibility index (Phi) is 7.91. The Morgan fingerprint density at radius 1 is 1.36 bits per heavy atom. The fraction of sp³-hybridized carbons (Fsp3) is 0.611. The molecule has 0 saturated carbocycles. The number of hydrogen-bond donors (Lipinski definition) is 1. The van der Waals surface area contributed by atoms with Gasteiger partial charge in [-0.1, -0.05) is 24.6 Å². The number of carbonyl (C=O) groups excluding carboxylic acids is 1. The van der Waals surface area contributed by atoms with Crippen molar-refractivity contribution in [1.82, 2.24) is 5.32 Å². The van der Waals surface area contributed by atoms with Gasteiger partial charge in [0.2, 0.25) is 5.91 Å². The van der Waals surface area contributed by atoms with Gasteiger partial charge in [0.25, 0.3) is 0 Å². The molecule has 1 amide bonds. The Labute approximate surface area is 140 Å². The zero-order chi connectivity index (χ0) is 15.2. The van der Waals surface area contributed by atoms with Crippen molar-refractivity contribution >= 4 is 24.0 Å². The van der Waals surface area contributed by atoms with E-state index in [2.05, 4.69) is 31.3 Å². The number of aryl methyl sites for hydroxylation is 1. The van der Waals surface area contributed by atoms with E-state index < -0.39 is 0 Å². The van der Waals surface area contributed by atoms with Gasteiger partial charge < -0.3 is 10.2 Å². The van der Waals surface area contributed by atoms with Crippen LogP contribution in [0.2, 0.25) is 0 Å². The van der Waals surface area contributed by atoms with Crippen LogP contribution in [0.5, 0.6) is 0 Å². The average Bonchev–Trinajstić information content (AvgIpc) is 2.50. The van der Waals surface area contributed by atoms with Crippen molar-refractivity contribution in [2.75, 3.05) is 24.5 Å². The number of piperidine rings is 1. The smallest absolute Gasteiger partial charge is 0.227 e. The molecule has 2 unspecified atom stereocenters. The highest BCUT2D eigenvalue weighted by Crippen LogP contribution is 2.24. The molecule has 0 radical (unpaired) electrons. The number of carbonyl (C=O) groups is 1. The van der Waals surface area contributed by atoms with Gasteiger partial charge in [-0.3, -0.25) is 4.79 Å². The first-order chi connectivity index (χ1) is 10.1. The zero-order valence-corrected chi connectivity index (χ0v) is 14.8. The van der Waals surface area contributed by atoms with Gasteiger partial charge in [-0.05, 0) is 63.7 Å². The fourth-order valence-corrected chi connectivity index (χ4v) is 3.14. The molecular weight excluding hydrogens is 296 g/mol. The van der Waals surface area contributed by atoms with Gasteiger partial charge in [0.05, 0.1) is 0 Å². The third kappa shape index (κ3) is 4.99. The fourth-order valence-electron chi connectivity index (χ4n) is 3.14. The van der Waals surface area contributed by atoms with Crippen LogP contribution in [0.3, 0.4) is 0 Å². The molecule has 1 aromatic rings. The summed E-state index contributed by atoms with van der Waals surface area (Å²) in [6.07, 6.45) is 3.13. The highest BCUT2D eigenvalue weighted by molar-refractivity contribution is 5.93. The van der Waals surface area contributed by atoms with Crippen molar-refractivity contribution in [2.24, 2.45) is 11.8 Å². The summed E-state index contributed by atoms with van der Waals surface area (Å²) in [5, 5.41) is 3.45. The van der Waals surface area contributed by atoms with Crippen LogP contribution in [-0.4, -0.2) is 25.5 Å². The highest BCUT2D eigenvalue weighted by Gasteiger charge is 2.24. The zero-order valence-electron chi connectivity index (χ0n) is 14.0. The average molecular weight is 325 g/mol. The van der Waals surface area contributed by atoms with Crippen molar-refractivity contribution in [3.05, 3.63) is 29.8 Å². The normalized spacial score (nSPS) is 19.1. The highest BCUT2D eigenvalue weighted by atomic mass is 35.5. The summed E-state index contributed by atoms with van der Waals surface area (Å²) in [6, 6.07) is 8.23. The number of benzene rings is 1. The van der Waals surface area contributed by atoms with E-state index >= 15 is 0 Å². The van der Waals surface area contributed by atoms with Crippen LogP contribution < -0.4 is 10.2 Å². The minimum Gasteiger partial charge on any atom is -0.316 e. The molecule has 22 heavy (non-hydrogen) atoms. The lowest BCUT2D eigenvalue weighted by atomic mass is 9.85. The Balaban J connectivity index is 0.00000242.